The van der Waals surface area contributed by atoms with Crippen molar-refractivity contribution in [2.45, 2.75) is 20.3 Å². The van der Waals surface area contributed by atoms with Gasteiger partial charge in [0, 0.05) is 10.6 Å². The van der Waals surface area contributed by atoms with Crippen LogP contribution in [0.2, 0.25) is 5.02 Å². The summed E-state index contributed by atoms with van der Waals surface area (Å²) in [5, 5.41) is 4.88. The van der Waals surface area contributed by atoms with Gasteiger partial charge in [0.1, 0.15) is 0 Å². The summed E-state index contributed by atoms with van der Waals surface area (Å²) in [6.07, 6.45) is 2.01. The van der Waals surface area contributed by atoms with Crippen LogP contribution < -0.4 is 20.3 Å². The number of ether oxygens (including phenoxy) is 2. The molecular formula is C22H23ClN4O4. The van der Waals surface area contributed by atoms with Crippen molar-refractivity contribution in [2.75, 3.05) is 13.7 Å². The second kappa shape index (κ2) is 9.99. The highest BCUT2D eigenvalue weighted by Gasteiger charge is 2.18. The van der Waals surface area contributed by atoms with E-state index in [1.54, 1.807) is 35.0 Å². The van der Waals surface area contributed by atoms with Gasteiger partial charge in [-0.3, -0.25) is 20.4 Å². The lowest BCUT2D eigenvalue weighted by atomic mass is 10.2. The summed E-state index contributed by atoms with van der Waals surface area (Å²) in [7, 11) is 1.49. The quantitative estimate of drug-likeness (QED) is 0.545. The number of rotatable bonds is 7. The number of hydrogen-bond donors (Lipinski definition) is 2. The number of amides is 2. The average Bonchev–Trinajstić information content (AvgIpc) is 3.22. The molecule has 0 saturated heterocycles. The Labute approximate surface area is 185 Å². The molecule has 31 heavy (non-hydrogen) atoms. The van der Waals surface area contributed by atoms with Crippen LogP contribution in [0.1, 0.15) is 40.3 Å². The van der Waals surface area contributed by atoms with E-state index in [1.165, 1.54) is 13.3 Å². The highest BCUT2D eigenvalue weighted by molar-refractivity contribution is 6.30. The zero-order valence-electron chi connectivity index (χ0n) is 17.4. The number of carbonyl (C=O) groups excluding carboxylic acids is 2. The third-order valence-corrected chi connectivity index (χ3v) is 4.75. The molecule has 0 fully saturated rings. The third kappa shape index (κ3) is 4.97. The lowest BCUT2D eigenvalue weighted by molar-refractivity contribution is 0.0846. The average molecular weight is 443 g/mol. The zero-order chi connectivity index (χ0) is 22.4. The molecule has 1 heterocycles. The fraction of sp³-hybridized carbons (Fsp3) is 0.227. The molecule has 3 aromatic rings. The Morgan fingerprint density at radius 3 is 2.52 bits per heavy atom. The minimum Gasteiger partial charge on any atom is -0.493 e. The number of benzene rings is 2. The molecule has 0 saturated carbocycles. The number of nitrogens with zero attached hydrogens (tertiary/aromatic N) is 2. The molecule has 9 heteroatoms. The molecule has 162 valence electrons. The van der Waals surface area contributed by atoms with E-state index >= 15 is 0 Å². The van der Waals surface area contributed by atoms with Crippen LogP contribution in [0.4, 0.5) is 0 Å². The van der Waals surface area contributed by atoms with Crippen molar-refractivity contribution in [1.29, 1.82) is 0 Å². The van der Waals surface area contributed by atoms with Crippen molar-refractivity contribution in [1.82, 2.24) is 20.6 Å². The lowest BCUT2D eigenvalue weighted by Gasteiger charge is -2.12. The van der Waals surface area contributed by atoms with E-state index in [0.717, 1.165) is 5.69 Å². The van der Waals surface area contributed by atoms with Gasteiger partial charge < -0.3 is 9.47 Å². The first-order chi connectivity index (χ1) is 15.0. The van der Waals surface area contributed by atoms with Crippen LogP contribution in [0.3, 0.4) is 0 Å². The number of methoxy groups -OCH3 is 1. The molecular weight excluding hydrogens is 420 g/mol. The highest BCUT2D eigenvalue weighted by atomic mass is 35.5. The maximum absolute atomic E-state index is 12.7. The molecule has 2 amide bonds. The Morgan fingerprint density at radius 1 is 1.06 bits per heavy atom. The van der Waals surface area contributed by atoms with Crippen LogP contribution in [0.5, 0.6) is 11.5 Å². The summed E-state index contributed by atoms with van der Waals surface area (Å²) < 4.78 is 12.4. The van der Waals surface area contributed by atoms with Crippen LogP contribution >= 0.6 is 11.6 Å². The predicted octanol–water partition coefficient (Wildman–Crippen LogP) is 3.57. The molecule has 1 aromatic heterocycles. The van der Waals surface area contributed by atoms with Crippen LogP contribution in [0.25, 0.3) is 5.69 Å². The summed E-state index contributed by atoms with van der Waals surface area (Å²) in [5.41, 5.74) is 6.95. The molecule has 0 unspecified atom stereocenters. The van der Waals surface area contributed by atoms with E-state index in [-0.39, 0.29) is 0 Å². The monoisotopic (exact) mass is 442 g/mol. The third-order valence-electron chi connectivity index (χ3n) is 4.52. The van der Waals surface area contributed by atoms with Crippen molar-refractivity contribution < 1.29 is 19.1 Å². The van der Waals surface area contributed by atoms with Gasteiger partial charge in [0.15, 0.2) is 11.5 Å². The summed E-state index contributed by atoms with van der Waals surface area (Å²) in [6.45, 7) is 4.24. The van der Waals surface area contributed by atoms with Gasteiger partial charge in [0.2, 0.25) is 0 Å². The van der Waals surface area contributed by atoms with Gasteiger partial charge in [-0.15, -0.1) is 0 Å². The van der Waals surface area contributed by atoms with Gasteiger partial charge >= 0.3 is 0 Å². The van der Waals surface area contributed by atoms with Crippen molar-refractivity contribution in [3.8, 4) is 17.2 Å². The predicted molar refractivity (Wildman–Crippen MR) is 117 cm³/mol. The number of hydrazine groups is 1. The van der Waals surface area contributed by atoms with Gasteiger partial charge in [0.05, 0.1) is 36.9 Å². The lowest BCUT2D eigenvalue weighted by Crippen LogP contribution is -2.41. The first-order valence-corrected chi connectivity index (χ1v) is 10.1. The molecule has 0 bridgehead atoms. The van der Waals surface area contributed by atoms with Crippen LogP contribution in [-0.4, -0.2) is 35.3 Å². The Kier molecular flexibility index (Phi) is 7.15. The summed E-state index contributed by atoms with van der Waals surface area (Å²) in [5.74, 6) is -0.00476. The van der Waals surface area contributed by atoms with E-state index < -0.39 is 11.8 Å². The fourth-order valence-corrected chi connectivity index (χ4v) is 3.26. The van der Waals surface area contributed by atoms with Gasteiger partial charge in [0.25, 0.3) is 11.8 Å². The van der Waals surface area contributed by atoms with Crippen molar-refractivity contribution in [3.05, 3.63) is 70.5 Å². The minimum atomic E-state index is -0.491. The number of carbonyl (C=O) groups is 2. The Morgan fingerprint density at radius 2 is 1.84 bits per heavy atom. The van der Waals surface area contributed by atoms with Gasteiger partial charge in [-0.25, -0.2) is 4.68 Å². The van der Waals surface area contributed by atoms with E-state index in [2.05, 4.69) is 16.0 Å². The van der Waals surface area contributed by atoms with Gasteiger partial charge in [-0.2, -0.15) is 5.10 Å². The van der Waals surface area contributed by atoms with Crippen LogP contribution in [0.15, 0.2) is 48.7 Å². The van der Waals surface area contributed by atoms with Crippen molar-refractivity contribution in [2.24, 2.45) is 0 Å². The minimum absolute atomic E-state index is 0.311. The molecule has 0 atom stereocenters. The summed E-state index contributed by atoms with van der Waals surface area (Å²) >= 11 is 6.07. The van der Waals surface area contributed by atoms with Crippen LogP contribution in [0, 0.1) is 0 Å². The number of hydrogen-bond acceptors (Lipinski definition) is 5. The smallest absolute Gasteiger partial charge is 0.273 e. The Balaban J connectivity index is 1.73. The van der Waals surface area contributed by atoms with Gasteiger partial charge in [-0.05, 0) is 49.7 Å². The van der Waals surface area contributed by atoms with E-state index in [0.29, 0.717) is 46.4 Å². The first kappa shape index (κ1) is 22.2. The number of aromatic nitrogens is 2. The molecule has 0 spiro atoms. The van der Waals surface area contributed by atoms with E-state index in [1.807, 2.05) is 26.0 Å². The first-order valence-electron chi connectivity index (χ1n) is 9.72. The topological polar surface area (TPSA) is 94.5 Å². The summed E-state index contributed by atoms with van der Waals surface area (Å²) in [6, 6.07) is 12.0. The summed E-state index contributed by atoms with van der Waals surface area (Å²) in [4.78, 5) is 25.2. The Hall–Kier alpha value is -3.52. The molecule has 0 aliphatic rings. The molecule has 0 aliphatic heterocycles. The largest absolute Gasteiger partial charge is 0.493 e. The normalized spacial score (nSPS) is 10.5. The van der Waals surface area contributed by atoms with Crippen LogP contribution in [-0.2, 0) is 6.42 Å². The van der Waals surface area contributed by atoms with Gasteiger partial charge in [-0.1, -0.05) is 24.6 Å². The highest BCUT2D eigenvalue weighted by Crippen LogP contribution is 2.28. The molecule has 3 rings (SSSR count). The SMILES string of the molecule is CCOc1ccc(C(=O)NNC(=O)c2cnn(-c3cccc(Cl)c3)c2CC)cc1OC. The van der Waals surface area contributed by atoms with E-state index in [4.69, 9.17) is 21.1 Å². The molecule has 8 nitrogen and oxygen atoms in total. The fourth-order valence-electron chi connectivity index (χ4n) is 3.07. The second-order valence-corrected chi connectivity index (χ2v) is 6.89. The number of nitrogens with one attached hydrogen (secondary N) is 2. The standard InChI is InChI=1S/C22H23ClN4O4/c1-4-18-17(13-24-27(18)16-8-6-7-15(23)12-16)22(29)26-25-21(28)14-9-10-19(31-5-2)20(11-14)30-3/h6-13H,4-5H2,1-3H3,(H,25,28)(H,26,29). The van der Waals surface area contributed by atoms with Crippen molar-refractivity contribution in [3.63, 3.8) is 0 Å². The molecule has 0 aliphatic carbocycles. The second-order valence-electron chi connectivity index (χ2n) is 6.46. The maximum Gasteiger partial charge on any atom is 0.273 e. The zero-order valence-corrected chi connectivity index (χ0v) is 18.2. The molecule has 2 aromatic carbocycles. The molecule has 0 radical (unpaired) electrons. The maximum atomic E-state index is 12.7. The Bertz CT molecular complexity index is 1100. The van der Waals surface area contributed by atoms with Crippen molar-refractivity contribution >= 4 is 23.4 Å². The molecule has 2 N–H and O–H groups in total. The van der Waals surface area contributed by atoms with E-state index in [9.17, 15) is 9.59 Å². The number of halogens is 1.